The number of hydrogen-bond donors (Lipinski definition) is 1. The van der Waals surface area contributed by atoms with Gasteiger partial charge in [0.05, 0.1) is 11.1 Å². The first-order chi connectivity index (χ1) is 13.3. The summed E-state index contributed by atoms with van der Waals surface area (Å²) < 4.78 is 1.22. The second-order valence-corrected chi connectivity index (χ2v) is 7.73. The van der Waals surface area contributed by atoms with Gasteiger partial charge in [-0.25, -0.2) is 4.68 Å². The fraction of sp³-hybridized carbons (Fsp3) is 0.524. The Balaban J connectivity index is 1.87. The highest BCUT2D eigenvalue weighted by Gasteiger charge is 2.29. The third kappa shape index (κ3) is 3.93. The number of hydrogen-bond acceptors (Lipinski definition) is 4. The van der Waals surface area contributed by atoms with Gasteiger partial charge in [-0.2, -0.15) is 5.10 Å². The second-order valence-electron chi connectivity index (χ2n) is 7.73. The predicted octanol–water partition coefficient (Wildman–Crippen LogP) is 1.96. The van der Waals surface area contributed by atoms with Crippen molar-refractivity contribution < 1.29 is 9.59 Å². The number of fused-ring (bicyclic) bond motifs is 1. The van der Waals surface area contributed by atoms with Crippen molar-refractivity contribution in [1.29, 1.82) is 0 Å². The first-order valence-corrected chi connectivity index (χ1v) is 9.91. The molecule has 150 valence electrons. The Morgan fingerprint density at radius 1 is 1.29 bits per heavy atom. The maximum atomic E-state index is 12.9. The number of piperidine rings is 1. The minimum absolute atomic E-state index is 0.0562. The number of aromatic nitrogens is 2. The van der Waals surface area contributed by atoms with Crippen LogP contribution in [0.1, 0.15) is 50.8 Å². The molecule has 2 amide bonds. The van der Waals surface area contributed by atoms with E-state index in [2.05, 4.69) is 10.4 Å². The number of amides is 2. The summed E-state index contributed by atoms with van der Waals surface area (Å²) in [6.07, 6.45) is 1.48. The van der Waals surface area contributed by atoms with Crippen LogP contribution in [-0.2, 0) is 16.1 Å². The molecular formula is C21H28N4O3. The Labute approximate surface area is 164 Å². The SMILES string of the molecule is CCN1CCC[C@@H](NC(=O)Cn2nc(C(C)C)c3cc(C)ccc3c2=O)C1=O. The van der Waals surface area contributed by atoms with Gasteiger partial charge in [-0.1, -0.05) is 25.5 Å². The molecule has 0 bridgehead atoms. The number of carbonyl (C=O) groups is 2. The van der Waals surface area contributed by atoms with Crippen LogP contribution in [0, 0.1) is 6.92 Å². The summed E-state index contributed by atoms with van der Waals surface area (Å²) in [7, 11) is 0. The van der Waals surface area contributed by atoms with E-state index in [-0.39, 0.29) is 29.8 Å². The van der Waals surface area contributed by atoms with Crippen molar-refractivity contribution in [3.05, 3.63) is 39.8 Å². The van der Waals surface area contributed by atoms with Gasteiger partial charge in [-0.05, 0) is 44.7 Å². The third-order valence-electron chi connectivity index (χ3n) is 5.23. The molecule has 1 atom stereocenters. The van der Waals surface area contributed by atoms with Crippen molar-refractivity contribution in [3.63, 3.8) is 0 Å². The van der Waals surface area contributed by atoms with Crippen molar-refractivity contribution in [1.82, 2.24) is 20.0 Å². The molecule has 1 fully saturated rings. The van der Waals surface area contributed by atoms with E-state index in [0.29, 0.717) is 18.4 Å². The van der Waals surface area contributed by atoms with E-state index < -0.39 is 6.04 Å². The van der Waals surface area contributed by atoms with Gasteiger partial charge in [0.15, 0.2) is 0 Å². The summed E-state index contributed by atoms with van der Waals surface area (Å²) in [5.74, 6) is -0.316. The summed E-state index contributed by atoms with van der Waals surface area (Å²) in [6.45, 7) is 9.09. The van der Waals surface area contributed by atoms with Crippen molar-refractivity contribution in [2.45, 2.75) is 59.0 Å². The average Bonchev–Trinajstić information content (AvgIpc) is 2.65. The number of likely N-dealkylation sites (tertiary alicyclic amines) is 1. The molecule has 1 aromatic heterocycles. The van der Waals surface area contributed by atoms with E-state index in [1.165, 1.54) is 4.68 Å². The molecule has 2 aromatic rings. The molecule has 1 aromatic carbocycles. The van der Waals surface area contributed by atoms with E-state index in [9.17, 15) is 14.4 Å². The molecule has 1 N–H and O–H groups in total. The van der Waals surface area contributed by atoms with E-state index in [4.69, 9.17) is 0 Å². The number of carbonyl (C=O) groups excluding carboxylic acids is 2. The van der Waals surface area contributed by atoms with Crippen molar-refractivity contribution in [2.75, 3.05) is 13.1 Å². The Kier molecular flexibility index (Phi) is 5.82. The lowest BCUT2D eigenvalue weighted by atomic mass is 10.0. The van der Waals surface area contributed by atoms with Crippen LogP contribution in [0.2, 0.25) is 0 Å². The maximum Gasteiger partial charge on any atom is 0.275 e. The highest BCUT2D eigenvalue weighted by molar-refractivity contribution is 5.88. The fourth-order valence-corrected chi connectivity index (χ4v) is 3.72. The molecule has 0 unspecified atom stereocenters. The molecule has 1 saturated heterocycles. The molecule has 0 saturated carbocycles. The zero-order chi connectivity index (χ0) is 20.4. The van der Waals surface area contributed by atoms with Crippen LogP contribution < -0.4 is 10.9 Å². The fourth-order valence-electron chi connectivity index (χ4n) is 3.72. The van der Waals surface area contributed by atoms with Crippen LogP contribution in [0.25, 0.3) is 10.8 Å². The Hall–Kier alpha value is -2.70. The van der Waals surface area contributed by atoms with E-state index in [1.807, 2.05) is 39.8 Å². The van der Waals surface area contributed by atoms with Gasteiger partial charge >= 0.3 is 0 Å². The van der Waals surface area contributed by atoms with Gasteiger partial charge in [-0.3, -0.25) is 14.4 Å². The zero-order valence-corrected chi connectivity index (χ0v) is 17.0. The lowest BCUT2D eigenvalue weighted by molar-refractivity contribution is -0.138. The molecule has 7 nitrogen and oxygen atoms in total. The van der Waals surface area contributed by atoms with Crippen LogP contribution in [0.5, 0.6) is 0 Å². The van der Waals surface area contributed by atoms with Crippen molar-refractivity contribution in [2.24, 2.45) is 0 Å². The topological polar surface area (TPSA) is 84.3 Å². The third-order valence-corrected chi connectivity index (χ3v) is 5.23. The van der Waals surface area contributed by atoms with Gasteiger partial charge < -0.3 is 10.2 Å². The molecule has 7 heteroatoms. The number of rotatable bonds is 5. The Morgan fingerprint density at radius 2 is 2.04 bits per heavy atom. The standard InChI is InChI=1S/C21H28N4O3/c1-5-24-10-6-7-17(21(24)28)22-18(26)12-25-20(27)15-9-8-14(4)11-16(15)19(23-25)13(2)3/h8-9,11,13,17H,5-7,10,12H2,1-4H3,(H,22,26)/t17-/m1/s1. The minimum atomic E-state index is -0.524. The summed E-state index contributed by atoms with van der Waals surface area (Å²) in [4.78, 5) is 39.5. The average molecular weight is 384 g/mol. The van der Waals surface area contributed by atoms with Gasteiger partial charge in [0.1, 0.15) is 12.6 Å². The normalized spacial score (nSPS) is 17.4. The smallest absolute Gasteiger partial charge is 0.275 e. The van der Waals surface area contributed by atoms with Gasteiger partial charge in [0.25, 0.3) is 5.56 Å². The maximum absolute atomic E-state index is 12.9. The highest BCUT2D eigenvalue weighted by atomic mass is 16.2. The molecule has 0 spiro atoms. The zero-order valence-electron chi connectivity index (χ0n) is 17.0. The predicted molar refractivity (Wildman–Crippen MR) is 108 cm³/mol. The van der Waals surface area contributed by atoms with E-state index in [0.717, 1.165) is 29.6 Å². The molecule has 1 aliphatic rings. The molecule has 1 aliphatic heterocycles. The highest BCUT2D eigenvalue weighted by Crippen LogP contribution is 2.22. The second kappa shape index (κ2) is 8.12. The molecule has 28 heavy (non-hydrogen) atoms. The van der Waals surface area contributed by atoms with Crippen LogP contribution in [0.15, 0.2) is 23.0 Å². The number of benzene rings is 1. The Bertz CT molecular complexity index is 964. The number of nitrogens with one attached hydrogen (secondary N) is 1. The molecule has 3 rings (SSSR count). The van der Waals surface area contributed by atoms with Crippen molar-refractivity contribution in [3.8, 4) is 0 Å². The van der Waals surface area contributed by atoms with Crippen LogP contribution in [-0.4, -0.2) is 45.6 Å². The number of aryl methyl sites for hydroxylation is 1. The van der Waals surface area contributed by atoms with Crippen LogP contribution in [0.3, 0.4) is 0 Å². The largest absolute Gasteiger partial charge is 0.343 e. The van der Waals surface area contributed by atoms with Gasteiger partial charge in [0.2, 0.25) is 11.8 Å². The van der Waals surface area contributed by atoms with E-state index >= 15 is 0 Å². The summed E-state index contributed by atoms with van der Waals surface area (Å²) in [6, 6.07) is 5.12. The summed E-state index contributed by atoms with van der Waals surface area (Å²) in [5, 5.41) is 8.65. The number of likely N-dealkylation sites (N-methyl/N-ethyl adjacent to an activating group) is 1. The Morgan fingerprint density at radius 3 is 2.71 bits per heavy atom. The van der Waals surface area contributed by atoms with Gasteiger partial charge in [-0.15, -0.1) is 0 Å². The summed E-state index contributed by atoms with van der Waals surface area (Å²) >= 11 is 0. The minimum Gasteiger partial charge on any atom is -0.343 e. The molecule has 0 aliphatic carbocycles. The lowest BCUT2D eigenvalue weighted by Gasteiger charge is -2.31. The molecule has 0 radical (unpaired) electrons. The van der Waals surface area contributed by atoms with Crippen molar-refractivity contribution >= 4 is 22.6 Å². The quantitative estimate of drug-likeness (QED) is 0.854. The van der Waals surface area contributed by atoms with Gasteiger partial charge in [0, 0.05) is 18.5 Å². The van der Waals surface area contributed by atoms with E-state index in [1.54, 1.807) is 11.0 Å². The monoisotopic (exact) mass is 384 g/mol. The van der Waals surface area contributed by atoms with Crippen LogP contribution >= 0.6 is 0 Å². The first-order valence-electron chi connectivity index (χ1n) is 9.91. The number of nitrogens with zero attached hydrogens (tertiary/aromatic N) is 3. The summed E-state index contributed by atoms with van der Waals surface area (Å²) in [5.41, 5.74) is 1.55. The lowest BCUT2D eigenvalue weighted by Crippen LogP contribution is -2.53. The molecular weight excluding hydrogens is 356 g/mol. The van der Waals surface area contributed by atoms with Crippen LogP contribution in [0.4, 0.5) is 0 Å². The first kappa shape index (κ1) is 20.0. The molecule has 2 heterocycles.